The highest BCUT2D eigenvalue weighted by Gasteiger charge is 2.18. The summed E-state index contributed by atoms with van der Waals surface area (Å²) in [5.41, 5.74) is 1.17. The Morgan fingerprint density at radius 2 is 2.15 bits per heavy atom. The molecule has 0 bridgehead atoms. The van der Waals surface area contributed by atoms with Crippen LogP contribution in [0.4, 0.5) is 10.1 Å². The number of carboxylic acids is 1. The monoisotopic (exact) mass is 341 g/mol. The van der Waals surface area contributed by atoms with Gasteiger partial charge in [-0.05, 0) is 41.1 Å². The van der Waals surface area contributed by atoms with Crippen LogP contribution in [0.3, 0.4) is 0 Å². The van der Waals surface area contributed by atoms with Gasteiger partial charge in [0.2, 0.25) is 0 Å². The standard InChI is InChI=1S/C14H13BrFNO3/c1-8-9(5-6-20-8)7-17(2)11-4-3-10(14(18)19)12(15)13(11)16/h3-6H,7H2,1-2H3,(H,18,19). The van der Waals surface area contributed by atoms with Gasteiger partial charge < -0.3 is 14.4 Å². The zero-order valence-electron chi connectivity index (χ0n) is 11.0. The SMILES string of the molecule is Cc1occc1CN(C)c1ccc(C(=O)O)c(Br)c1F. The van der Waals surface area contributed by atoms with Crippen molar-refractivity contribution < 1.29 is 18.7 Å². The number of benzene rings is 1. The van der Waals surface area contributed by atoms with E-state index in [1.54, 1.807) is 18.2 Å². The minimum absolute atomic E-state index is 0.0433. The Morgan fingerprint density at radius 1 is 1.45 bits per heavy atom. The molecule has 1 N–H and O–H groups in total. The molecule has 0 radical (unpaired) electrons. The Kier molecular flexibility index (Phi) is 4.13. The topological polar surface area (TPSA) is 53.7 Å². The summed E-state index contributed by atoms with van der Waals surface area (Å²) in [6.45, 7) is 2.31. The number of carbonyl (C=O) groups is 1. The number of carboxylic acid groups (broad SMARTS) is 1. The first kappa shape index (κ1) is 14.6. The number of aromatic carboxylic acids is 1. The molecule has 0 saturated heterocycles. The van der Waals surface area contributed by atoms with Crippen LogP contribution in [0.1, 0.15) is 21.7 Å². The normalized spacial score (nSPS) is 10.6. The number of rotatable bonds is 4. The average molecular weight is 342 g/mol. The molecule has 0 aliphatic rings. The summed E-state index contributed by atoms with van der Waals surface area (Å²) < 4.78 is 19.4. The second-order valence-electron chi connectivity index (χ2n) is 4.42. The summed E-state index contributed by atoms with van der Waals surface area (Å²) in [6, 6.07) is 4.66. The lowest BCUT2D eigenvalue weighted by Crippen LogP contribution is -2.18. The van der Waals surface area contributed by atoms with Crippen molar-refractivity contribution >= 4 is 27.6 Å². The number of anilines is 1. The van der Waals surface area contributed by atoms with E-state index < -0.39 is 11.8 Å². The molecule has 0 spiro atoms. The quantitative estimate of drug-likeness (QED) is 0.918. The van der Waals surface area contributed by atoms with Crippen LogP contribution < -0.4 is 4.90 Å². The van der Waals surface area contributed by atoms with E-state index in [2.05, 4.69) is 15.9 Å². The zero-order chi connectivity index (χ0) is 14.9. The van der Waals surface area contributed by atoms with E-state index in [1.165, 1.54) is 12.1 Å². The molecule has 1 heterocycles. The van der Waals surface area contributed by atoms with Crippen molar-refractivity contribution in [2.45, 2.75) is 13.5 Å². The maximum atomic E-state index is 14.2. The molecule has 0 unspecified atom stereocenters. The molecule has 2 aromatic rings. The van der Waals surface area contributed by atoms with E-state index >= 15 is 0 Å². The first-order valence-electron chi connectivity index (χ1n) is 5.87. The number of hydrogen-bond acceptors (Lipinski definition) is 3. The third-order valence-corrected chi connectivity index (χ3v) is 3.85. The summed E-state index contributed by atoms with van der Waals surface area (Å²) in [4.78, 5) is 12.6. The average Bonchev–Trinajstić information content (AvgIpc) is 2.77. The Balaban J connectivity index is 2.31. The predicted molar refractivity (Wildman–Crippen MR) is 76.6 cm³/mol. The molecule has 0 amide bonds. The lowest BCUT2D eigenvalue weighted by Gasteiger charge is -2.20. The largest absolute Gasteiger partial charge is 0.478 e. The van der Waals surface area contributed by atoms with Crippen LogP contribution in [0.15, 0.2) is 33.4 Å². The van der Waals surface area contributed by atoms with Gasteiger partial charge in [0.25, 0.3) is 0 Å². The summed E-state index contributed by atoms with van der Waals surface area (Å²) in [6.07, 6.45) is 1.58. The smallest absolute Gasteiger partial charge is 0.336 e. The van der Waals surface area contributed by atoms with E-state index in [9.17, 15) is 9.18 Å². The minimum atomic E-state index is -1.17. The summed E-state index contributed by atoms with van der Waals surface area (Å²) in [7, 11) is 1.73. The van der Waals surface area contributed by atoms with E-state index in [-0.39, 0.29) is 10.0 Å². The predicted octanol–water partition coefficient (Wildman–Crippen LogP) is 3.82. The number of aryl methyl sites for hydroxylation is 1. The maximum absolute atomic E-state index is 14.2. The van der Waals surface area contributed by atoms with E-state index in [4.69, 9.17) is 9.52 Å². The number of nitrogens with zero attached hydrogens (tertiary/aromatic N) is 1. The van der Waals surface area contributed by atoms with Crippen LogP contribution in [-0.4, -0.2) is 18.1 Å². The molecule has 0 aliphatic heterocycles. The van der Waals surface area contributed by atoms with Gasteiger partial charge in [0, 0.05) is 19.2 Å². The molecule has 106 valence electrons. The van der Waals surface area contributed by atoms with Crippen molar-refractivity contribution in [2.24, 2.45) is 0 Å². The molecule has 0 atom stereocenters. The third kappa shape index (κ3) is 2.70. The first-order chi connectivity index (χ1) is 9.41. The summed E-state index contributed by atoms with van der Waals surface area (Å²) in [5, 5.41) is 8.94. The first-order valence-corrected chi connectivity index (χ1v) is 6.66. The second kappa shape index (κ2) is 5.66. The highest BCUT2D eigenvalue weighted by molar-refractivity contribution is 9.10. The van der Waals surface area contributed by atoms with Crippen molar-refractivity contribution in [3.8, 4) is 0 Å². The Labute approximate surface area is 123 Å². The lowest BCUT2D eigenvalue weighted by molar-refractivity contribution is 0.0695. The van der Waals surface area contributed by atoms with E-state index in [1.807, 2.05) is 13.0 Å². The number of halogens is 2. The van der Waals surface area contributed by atoms with Crippen LogP contribution >= 0.6 is 15.9 Å². The number of hydrogen-bond donors (Lipinski definition) is 1. The van der Waals surface area contributed by atoms with Crippen LogP contribution in [0.2, 0.25) is 0 Å². The van der Waals surface area contributed by atoms with Crippen molar-refractivity contribution in [3.63, 3.8) is 0 Å². The van der Waals surface area contributed by atoms with Gasteiger partial charge in [0.1, 0.15) is 5.76 Å². The summed E-state index contributed by atoms with van der Waals surface area (Å²) >= 11 is 2.99. The fraction of sp³-hybridized carbons (Fsp3) is 0.214. The molecule has 0 fully saturated rings. The van der Waals surface area contributed by atoms with Crippen molar-refractivity contribution in [1.82, 2.24) is 0 Å². The zero-order valence-corrected chi connectivity index (χ0v) is 12.6. The van der Waals surface area contributed by atoms with Crippen LogP contribution in [0, 0.1) is 12.7 Å². The van der Waals surface area contributed by atoms with Crippen LogP contribution in [-0.2, 0) is 6.54 Å². The van der Waals surface area contributed by atoms with Crippen LogP contribution in [0.5, 0.6) is 0 Å². The lowest BCUT2D eigenvalue weighted by atomic mass is 10.1. The molecule has 1 aromatic heterocycles. The maximum Gasteiger partial charge on any atom is 0.336 e. The van der Waals surface area contributed by atoms with Gasteiger partial charge >= 0.3 is 5.97 Å². The molecule has 2 rings (SSSR count). The van der Waals surface area contributed by atoms with E-state index in [0.29, 0.717) is 12.2 Å². The molecule has 4 nitrogen and oxygen atoms in total. The number of furan rings is 1. The minimum Gasteiger partial charge on any atom is -0.478 e. The van der Waals surface area contributed by atoms with Gasteiger partial charge in [-0.2, -0.15) is 0 Å². The highest BCUT2D eigenvalue weighted by atomic mass is 79.9. The molecular formula is C14H13BrFNO3. The highest BCUT2D eigenvalue weighted by Crippen LogP contribution is 2.30. The van der Waals surface area contributed by atoms with Crippen molar-refractivity contribution in [1.29, 1.82) is 0 Å². The second-order valence-corrected chi connectivity index (χ2v) is 5.22. The van der Waals surface area contributed by atoms with Crippen molar-refractivity contribution in [2.75, 3.05) is 11.9 Å². The van der Waals surface area contributed by atoms with Crippen molar-refractivity contribution in [3.05, 3.63) is 51.6 Å². The molecule has 0 aliphatic carbocycles. The van der Waals surface area contributed by atoms with E-state index in [0.717, 1.165) is 11.3 Å². The Bertz CT molecular complexity index is 654. The fourth-order valence-corrected chi connectivity index (χ4v) is 2.42. The van der Waals surface area contributed by atoms with Gasteiger partial charge in [0.05, 0.1) is 22.0 Å². The fourth-order valence-electron chi connectivity index (χ4n) is 1.92. The molecule has 1 aromatic carbocycles. The molecule has 0 saturated carbocycles. The van der Waals surface area contributed by atoms with Gasteiger partial charge in [-0.25, -0.2) is 9.18 Å². The van der Waals surface area contributed by atoms with Gasteiger partial charge in [-0.15, -0.1) is 0 Å². The molecule has 20 heavy (non-hydrogen) atoms. The Morgan fingerprint density at radius 3 is 2.70 bits per heavy atom. The van der Waals surface area contributed by atoms with Crippen LogP contribution in [0.25, 0.3) is 0 Å². The molecule has 6 heteroatoms. The van der Waals surface area contributed by atoms with Gasteiger partial charge in [-0.3, -0.25) is 0 Å². The molecular weight excluding hydrogens is 329 g/mol. The Hall–Kier alpha value is -1.82. The van der Waals surface area contributed by atoms with Gasteiger partial charge in [0.15, 0.2) is 5.82 Å². The third-order valence-electron chi connectivity index (χ3n) is 3.08. The summed E-state index contributed by atoms with van der Waals surface area (Å²) in [5.74, 6) is -0.984. The van der Waals surface area contributed by atoms with Gasteiger partial charge in [-0.1, -0.05) is 0 Å².